The van der Waals surface area contributed by atoms with Gasteiger partial charge in [0.2, 0.25) is 15.9 Å². The van der Waals surface area contributed by atoms with E-state index in [9.17, 15) is 13.2 Å². The monoisotopic (exact) mass is 483 g/mol. The second-order valence-corrected chi connectivity index (χ2v) is 11.7. The molecular formula is C27H37N3O3S. The Balaban J connectivity index is 1.18. The largest absolute Gasteiger partial charge is 0.343 e. The van der Waals surface area contributed by atoms with E-state index in [2.05, 4.69) is 40.0 Å². The van der Waals surface area contributed by atoms with Crippen LogP contribution in [-0.4, -0.2) is 56.3 Å². The van der Waals surface area contributed by atoms with Crippen molar-refractivity contribution in [1.29, 1.82) is 0 Å². The van der Waals surface area contributed by atoms with Crippen LogP contribution in [0, 0.1) is 5.41 Å². The predicted molar refractivity (Wildman–Crippen MR) is 135 cm³/mol. The van der Waals surface area contributed by atoms with E-state index in [1.807, 2.05) is 11.8 Å². The number of sulfonamides is 1. The Labute approximate surface area is 204 Å². The van der Waals surface area contributed by atoms with E-state index in [1.165, 1.54) is 18.4 Å². The third-order valence-corrected chi connectivity index (χ3v) is 9.15. The van der Waals surface area contributed by atoms with E-state index in [-0.39, 0.29) is 16.8 Å². The van der Waals surface area contributed by atoms with Gasteiger partial charge < -0.3 is 4.90 Å². The van der Waals surface area contributed by atoms with Crippen molar-refractivity contribution in [2.75, 3.05) is 26.2 Å². The van der Waals surface area contributed by atoms with Crippen LogP contribution in [-0.2, 0) is 21.4 Å². The molecule has 7 heteroatoms. The normalized spacial score (nSPS) is 19.7. The molecule has 4 rings (SSSR count). The topological polar surface area (TPSA) is 69.7 Å². The fraction of sp³-hybridized carbons (Fsp3) is 0.519. The molecule has 2 aromatic carbocycles. The summed E-state index contributed by atoms with van der Waals surface area (Å²) >= 11 is 0. The number of piperidine rings is 2. The maximum Gasteiger partial charge on any atom is 0.240 e. The van der Waals surface area contributed by atoms with E-state index in [1.54, 1.807) is 30.3 Å². The summed E-state index contributed by atoms with van der Waals surface area (Å²) in [5.41, 5.74) is 1.75. The van der Waals surface area contributed by atoms with Crippen LogP contribution in [0.4, 0.5) is 0 Å². The Kier molecular flexibility index (Phi) is 8.06. The first kappa shape index (κ1) is 24.9. The fourth-order valence-corrected chi connectivity index (χ4v) is 6.55. The van der Waals surface area contributed by atoms with Crippen LogP contribution in [0.1, 0.15) is 51.0 Å². The highest BCUT2D eigenvalue weighted by molar-refractivity contribution is 7.89. The number of carbonyl (C=O) groups excluding carboxylic acids is 1. The summed E-state index contributed by atoms with van der Waals surface area (Å²) in [6.07, 6.45) is 5.44. The second kappa shape index (κ2) is 11.0. The van der Waals surface area contributed by atoms with Crippen molar-refractivity contribution in [3.8, 4) is 0 Å². The van der Waals surface area contributed by atoms with Crippen LogP contribution < -0.4 is 4.72 Å². The molecule has 0 radical (unpaired) electrons. The molecule has 184 valence electrons. The molecule has 2 aromatic rings. The molecule has 2 aliphatic heterocycles. The molecule has 1 atom stereocenters. The lowest BCUT2D eigenvalue weighted by molar-refractivity contribution is -0.134. The van der Waals surface area contributed by atoms with Crippen molar-refractivity contribution in [3.05, 3.63) is 66.2 Å². The van der Waals surface area contributed by atoms with E-state index < -0.39 is 10.0 Å². The number of benzene rings is 2. The summed E-state index contributed by atoms with van der Waals surface area (Å²) in [6.45, 7) is 6.74. The van der Waals surface area contributed by atoms with Crippen LogP contribution in [0.25, 0.3) is 0 Å². The van der Waals surface area contributed by atoms with Crippen LogP contribution in [0.5, 0.6) is 0 Å². The van der Waals surface area contributed by atoms with Crippen molar-refractivity contribution < 1.29 is 13.2 Å². The minimum absolute atomic E-state index is 0.141. The zero-order chi connectivity index (χ0) is 24.0. The van der Waals surface area contributed by atoms with Gasteiger partial charge in [-0.1, -0.05) is 48.5 Å². The van der Waals surface area contributed by atoms with Gasteiger partial charge in [0.15, 0.2) is 0 Å². The van der Waals surface area contributed by atoms with Gasteiger partial charge in [-0.3, -0.25) is 9.69 Å². The van der Waals surface area contributed by atoms with Gasteiger partial charge in [0.05, 0.1) is 4.90 Å². The van der Waals surface area contributed by atoms with Crippen LogP contribution in [0.3, 0.4) is 0 Å². The molecule has 0 aromatic heterocycles. The zero-order valence-corrected chi connectivity index (χ0v) is 21.0. The van der Waals surface area contributed by atoms with E-state index >= 15 is 0 Å². The molecule has 0 aliphatic carbocycles. The molecule has 0 bridgehead atoms. The molecule has 2 fully saturated rings. The van der Waals surface area contributed by atoms with Gasteiger partial charge in [0.1, 0.15) is 0 Å². The maximum atomic E-state index is 12.8. The van der Waals surface area contributed by atoms with Crippen molar-refractivity contribution in [1.82, 2.24) is 14.5 Å². The highest BCUT2D eigenvalue weighted by atomic mass is 32.2. The van der Waals surface area contributed by atoms with Crippen molar-refractivity contribution in [3.63, 3.8) is 0 Å². The maximum absolute atomic E-state index is 12.8. The van der Waals surface area contributed by atoms with Crippen molar-refractivity contribution in [2.45, 2.75) is 62.9 Å². The minimum Gasteiger partial charge on any atom is -0.343 e. The number of nitrogens with one attached hydrogen (secondary N) is 1. The quantitative estimate of drug-likeness (QED) is 0.615. The molecule has 1 N–H and O–H groups in total. The van der Waals surface area contributed by atoms with Gasteiger partial charge in [-0.15, -0.1) is 0 Å². The molecule has 1 amide bonds. The number of likely N-dealkylation sites (tertiary alicyclic amines) is 2. The van der Waals surface area contributed by atoms with E-state index in [0.717, 1.165) is 45.6 Å². The molecule has 2 saturated heterocycles. The molecule has 2 aliphatic rings. The first-order valence-corrected chi connectivity index (χ1v) is 14.0. The molecule has 2 heterocycles. The minimum atomic E-state index is -3.55. The summed E-state index contributed by atoms with van der Waals surface area (Å²) in [4.78, 5) is 17.6. The third-order valence-electron chi connectivity index (χ3n) is 7.54. The van der Waals surface area contributed by atoms with Gasteiger partial charge in [0, 0.05) is 32.1 Å². The molecular weight excluding hydrogens is 446 g/mol. The average molecular weight is 484 g/mol. The van der Waals surface area contributed by atoms with E-state index in [0.29, 0.717) is 18.3 Å². The number of nitrogens with zero attached hydrogens (tertiary/aromatic N) is 2. The Morgan fingerprint density at radius 3 is 2.09 bits per heavy atom. The number of amides is 1. The lowest BCUT2D eigenvalue weighted by atomic mass is 9.71. The summed E-state index contributed by atoms with van der Waals surface area (Å²) in [7, 11) is -3.55. The third kappa shape index (κ3) is 6.46. The fourth-order valence-electron chi connectivity index (χ4n) is 5.25. The van der Waals surface area contributed by atoms with Crippen LogP contribution in [0.2, 0.25) is 0 Å². The summed E-state index contributed by atoms with van der Waals surface area (Å²) in [6, 6.07) is 18.7. The van der Waals surface area contributed by atoms with Gasteiger partial charge in [-0.2, -0.15) is 0 Å². The lowest BCUT2D eigenvalue weighted by Crippen LogP contribution is -2.48. The number of carbonyl (C=O) groups is 1. The smallest absolute Gasteiger partial charge is 0.240 e. The number of hydrogen-bond donors (Lipinski definition) is 1. The average Bonchev–Trinajstić information content (AvgIpc) is 2.85. The van der Waals surface area contributed by atoms with Gasteiger partial charge in [-0.05, 0) is 75.2 Å². The standard InChI is InChI=1S/C27H37N3O3S/c1-23(28-34(32,33)25-10-6-3-7-11-25)12-13-26(31)30-20-16-27(17-21-30)14-18-29(19-15-27)22-24-8-4-2-5-9-24/h2-11,23,28H,12-22H2,1H3. The molecule has 6 nitrogen and oxygen atoms in total. The zero-order valence-electron chi connectivity index (χ0n) is 20.2. The molecule has 1 unspecified atom stereocenters. The Morgan fingerprint density at radius 2 is 1.47 bits per heavy atom. The van der Waals surface area contributed by atoms with Gasteiger partial charge >= 0.3 is 0 Å². The van der Waals surface area contributed by atoms with Gasteiger partial charge in [-0.25, -0.2) is 13.1 Å². The summed E-state index contributed by atoms with van der Waals surface area (Å²) in [5, 5.41) is 0. The molecule has 34 heavy (non-hydrogen) atoms. The Hall–Kier alpha value is -2.22. The number of hydrogen-bond acceptors (Lipinski definition) is 4. The van der Waals surface area contributed by atoms with Crippen LogP contribution >= 0.6 is 0 Å². The first-order chi connectivity index (χ1) is 16.4. The van der Waals surface area contributed by atoms with Crippen molar-refractivity contribution in [2.24, 2.45) is 5.41 Å². The second-order valence-electron chi connectivity index (χ2n) is 10.0. The highest BCUT2D eigenvalue weighted by Crippen LogP contribution is 2.41. The predicted octanol–water partition coefficient (Wildman–Crippen LogP) is 4.04. The summed E-state index contributed by atoms with van der Waals surface area (Å²) < 4.78 is 27.6. The molecule has 0 saturated carbocycles. The van der Waals surface area contributed by atoms with Gasteiger partial charge in [0.25, 0.3) is 0 Å². The highest BCUT2D eigenvalue weighted by Gasteiger charge is 2.38. The Bertz CT molecular complexity index is 1030. The Morgan fingerprint density at radius 1 is 0.912 bits per heavy atom. The SMILES string of the molecule is CC(CCC(=O)N1CCC2(CCN(Cc3ccccc3)CC2)CC1)NS(=O)(=O)c1ccccc1. The molecule has 1 spiro atoms. The van der Waals surface area contributed by atoms with E-state index in [4.69, 9.17) is 0 Å². The number of rotatable bonds is 8. The van der Waals surface area contributed by atoms with Crippen LogP contribution in [0.15, 0.2) is 65.6 Å². The first-order valence-electron chi connectivity index (χ1n) is 12.5. The van der Waals surface area contributed by atoms with Crippen molar-refractivity contribution >= 4 is 15.9 Å². The lowest BCUT2D eigenvalue weighted by Gasteiger charge is -2.47. The summed E-state index contributed by atoms with van der Waals surface area (Å²) in [5.74, 6) is 0.141.